The molecule has 1 aliphatic rings. The zero-order chi connectivity index (χ0) is 19.7. The molecule has 140 valence electrons. The number of ketones is 1. The maximum Gasteiger partial charge on any atom is 0.228 e. The summed E-state index contributed by atoms with van der Waals surface area (Å²) < 4.78 is 0. The van der Waals surface area contributed by atoms with E-state index < -0.39 is 0 Å². The Morgan fingerprint density at radius 2 is 1.37 bits per heavy atom. The standard InChI is InChI=1S/C22H24N2O3/c1-12-9-13(2)20(14(3)10-12)24-22(27)19-11-18(19)21(26)23-17-7-5-16(6-8-17)15(4)25/h5-10,18-19H,11H2,1-4H3,(H,23,26)(H,24,27). The van der Waals surface area contributed by atoms with Crippen molar-refractivity contribution in [2.75, 3.05) is 10.6 Å². The van der Waals surface area contributed by atoms with Crippen molar-refractivity contribution in [2.24, 2.45) is 11.8 Å². The summed E-state index contributed by atoms with van der Waals surface area (Å²) in [4.78, 5) is 36.2. The number of rotatable bonds is 5. The van der Waals surface area contributed by atoms with Crippen LogP contribution in [0.15, 0.2) is 36.4 Å². The Labute approximate surface area is 159 Å². The molecule has 2 unspecified atom stereocenters. The molecule has 0 bridgehead atoms. The first-order valence-electron chi connectivity index (χ1n) is 9.07. The van der Waals surface area contributed by atoms with Crippen molar-refractivity contribution in [1.82, 2.24) is 0 Å². The number of aryl methyl sites for hydroxylation is 3. The second-order valence-electron chi connectivity index (χ2n) is 7.33. The van der Waals surface area contributed by atoms with Gasteiger partial charge in [0, 0.05) is 16.9 Å². The van der Waals surface area contributed by atoms with Crippen LogP contribution < -0.4 is 10.6 Å². The highest BCUT2D eigenvalue weighted by molar-refractivity contribution is 6.04. The van der Waals surface area contributed by atoms with Crippen LogP contribution in [-0.2, 0) is 9.59 Å². The van der Waals surface area contributed by atoms with Gasteiger partial charge in [0.2, 0.25) is 11.8 Å². The molecule has 0 aromatic heterocycles. The third kappa shape index (κ3) is 4.25. The molecule has 0 saturated heterocycles. The fraction of sp³-hybridized carbons (Fsp3) is 0.318. The minimum Gasteiger partial charge on any atom is -0.326 e. The van der Waals surface area contributed by atoms with Crippen molar-refractivity contribution in [3.8, 4) is 0 Å². The molecule has 2 amide bonds. The minimum atomic E-state index is -0.316. The van der Waals surface area contributed by atoms with Crippen LogP contribution in [0.4, 0.5) is 11.4 Å². The van der Waals surface area contributed by atoms with Crippen LogP contribution in [0.25, 0.3) is 0 Å². The Hall–Kier alpha value is -2.95. The van der Waals surface area contributed by atoms with Crippen LogP contribution in [0.2, 0.25) is 0 Å². The molecule has 2 aromatic rings. The SMILES string of the molecule is CC(=O)c1ccc(NC(=O)C2CC2C(=O)Nc2c(C)cc(C)cc2C)cc1. The van der Waals surface area contributed by atoms with Gasteiger partial charge in [-0.05, 0) is 69.5 Å². The summed E-state index contributed by atoms with van der Waals surface area (Å²) in [5, 5.41) is 5.80. The van der Waals surface area contributed by atoms with Crippen molar-refractivity contribution in [1.29, 1.82) is 0 Å². The number of carbonyl (C=O) groups is 3. The molecule has 1 saturated carbocycles. The number of anilines is 2. The summed E-state index contributed by atoms with van der Waals surface area (Å²) in [7, 11) is 0. The smallest absolute Gasteiger partial charge is 0.228 e. The van der Waals surface area contributed by atoms with Crippen molar-refractivity contribution >= 4 is 29.0 Å². The molecule has 0 spiro atoms. The van der Waals surface area contributed by atoms with E-state index in [1.54, 1.807) is 24.3 Å². The predicted octanol–water partition coefficient (Wildman–Crippen LogP) is 4.03. The van der Waals surface area contributed by atoms with E-state index in [0.29, 0.717) is 17.7 Å². The maximum atomic E-state index is 12.5. The number of hydrogen-bond donors (Lipinski definition) is 2. The lowest BCUT2D eigenvalue weighted by Gasteiger charge is -2.13. The van der Waals surface area contributed by atoms with E-state index in [2.05, 4.69) is 10.6 Å². The Balaban J connectivity index is 1.59. The fourth-order valence-electron chi connectivity index (χ4n) is 3.39. The average molecular weight is 364 g/mol. The molecule has 5 nitrogen and oxygen atoms in total. The summed E-state index contributed by atoms with van der Waals surface area (Å²) in [6.07, 6.45) is 0.549. The molecule has 2 N–H and O–H groups in total. The van der Waals surface area contributed by atoms with Crippen LogP contribution in [0, 0.1) is 32.6 Å². The largest absolute Gasteiger partial charge is 0.326 e. The maximum absolute atomic E-state index is 12.5. The van der Waals surface area contributed by atoms with Crippen LogP contribution >= 0.6 is 0 Å². The molecule has 0 heterocycles. The molecule has 1 aliphatic carbocycles. The fourth-order valence-corrected chi connectivity index (χ4v) is 3.39. The van der Waals surface area contributed by atoms with Crippen LogP contribution in [0.5, 0.6) is 0 Å². The molecular formula is C22H24N2O3. The number of Topliss-reactive ketones (excluding diaryl/α,β-unsaturated/α-hetero) is 1. The molecular weight excluding hydrogens is 340 g/mol. The molecule has 2 aromatic carbocycles. The highest BCUT2D eigenvalue weighted by Crippen LogP contribution is 2.40. The molecule has 1 fully saturated rings. The summed E-state index contributed by atoms with van der Waals surface area (Å²) in [6.45, 7) is 7.46. The Morgan fingerprint density at radius 3 is 1.89 bits per heavy atom. The zero-order valence-corrected chi connectivity index (χ0v) is 16.1. The third-order valence-corrected chi connectivity index (χ3v) is 4.95. The molecule has 0 aliphatic heterocycles. The third-order valence-electron chi connectivity index (χ3n) is 4.95. The summed E-state index contributed by atoms with van der Waals surface area (Å²) >= 11 is 0. The number of hydrogen-bond acceptors (Lipinski definition) is 3. The van der Waals surface area contributed by atoms with E-state index in [1.807, 2.05) is 32.9 Å². The normalized spacial score (nSPS) is 17.9. The average Bonchev–Trinajstić information content (AvgIpc) is 3.39. The van der Waals surface area contributed by atoms with E-state index in [-0.39, 0.29) is 29.4 Å². The van der Waals surface area contributed by atoms with Crippen molar-refractivity contribution < 1.29 is 14.4 Å². The minimum absolute atomic E-state index is 0.0199. The first kappa shape index (κ1) is 18.8. The van der Waals surface area contributed by atoms with Gasteiger partial charge in [-0.1, -0.05) is 17.7 Å². The second kappa shape index (κ2) is 7.35. The van der Waals surface area contributed by atoms with Gasteiger partial charge in [-0.3, -0.25) is 14.4 Å². The van der Waals surface area contributed by atoms with Crippen molar-refractivity contribution in [3.63, 3.8) is 0 Å². The topological polar surface area (TPSA) is 75.3 Å². The first-order chi connectivity index (χ1) is 12.8. The zero-order valence-electron chi connectivity index (χ0n) is 16.1. The predicted molar refractivity (Wildman–Crippen MR) is 106 cm³/mol. The summed E-state index contributed by atoms with van der Waals surface area (Å²) in [5.41, 5.74) is 5.25. The molecule has 3 rings (SSSR count). The van der Waals surface area contributed by atoms with Gasteiger partial charge in [-0.2, -0.15) is 0 Å². The molecule has 5 heteroatoms. The Kier molecular flexibility index (Phi) is 5.13. The number of benzene rings is 2. The van der Waals surface area contributed by atoms with Gasteiger partial charge >= 0.3 is 0 Å². The van der Waals surface area contributed by atoms with Gasteiger partial charge in [-0.25, -0.2) is 0 Å². The second-order valence-corrected chi connectivity index (χ2v) is 7.33. The Morgan fingerprint density at radius 1 is 0.852 bits per heavy atom. The van der Waals surface area contributed by atoms with E-state index in [1.165, 1.54) is 6.92 Å². The van der Waals surface area contributed by atoms with E-state index >= 15 is 0 Å². The summed E-state index contributed by atoms with van der Waals surface area (Å²) in [5.74, 6) is -0.918. The first-order valence-corrected chi connectivity index (χ1v) is 9.07. The van der Waals surface area contributed by atoms with E-state index in [4.69, 9.17) is 0 Å². The molecule has 27 heavy (non-hydrogen) atoms. The number of nitrogens with one attached hydrogen (secondary N) is 2. The van der Waals surface area contributed by atoms with Gasteiger partial charge in [0.25, 0.3) is 0 Å². The van der Waals surface area contributed by atoms with Crippen LogP contribution in [-0.4, -0.2) is 17.6 Å². The van der Waals surface area contributed by atoms with Gasteiger partial charge in [-0.15, -0.1) is 0 Å². The summed E-state index contributed by atoms with van der Waals surface area (Å²) in [6, 6.07) is 10.8. The quantitative estimate of drug-likeness (QED) is 0.787. The highest BCUT2D eigenvalue weighted by Gasteiger charge is 2.48. The monoisotopic (exact) mass is 364 g/mol. The van der Waals surface area contributed by atoms with Gasteiger partial charge in [0.1, 0.15) is 0 Å². The number of amides is 2. The van der Waals surface area contributed by atoms with Gasteiger partial charge < -0.3 is 10.6 Å². The lowest BCUT2D eigenvalue weighted by molar-refractivity contribution is -0.122. The van der Waals surface area contributed by atoms with E-state index in [0.717, 1.165) is 22.4 Å². The van der Waals surface area contributed by atoms with Gasteiger partial charge in [0.15, 0.2) is 5.78 Å². The lowest BCUT2D eigenvalue weighted by atomic mass is 10.0. The highest BCUT2D eigenvalue weighted by atomic mass is 16.2. The lowest BCUT2D eigenvalue weighted by Crippen LogP contribution is -2.21. The van der Waals surface area contributed by atoms with Crippen LogP contribution in [0.3, 0.4) is 0 Å². The molecule has 0 radical (unpaired) electrons. The van der Waals surface area contributed by atoms with Crippen molar-refractivity contribution in [3.05, 3.63) is 58.7 Å². The van der Waals surface area contributed by atoms with E-state index in [9.17, 15) is 14.4 Å². The van der Waals surface area contributed by atoms with Crippen molar-refractivity contribution in [2.45, 2.75) is 34.1 Å². The Bertz CT molecular complexity index is 893. The van der Waals surface area contributed by atoms with Gasteiger partial charge in [0.05, 0.1) is 11.8 Å². The number of carbonyl (C=O) groups excluding carboxylic acids is 3. The molecule has 2 atom stereocenters. The van der Waals surface area contributed by atoms with Crippen LogP contribution in [0.1, 0.15) is 40.4 Å².